The molecule has 0 N–H and O–H groups in total. The molecule has 2 heteroatoms. The fourth-order valence-electron chi connectivity index (χ4n) is 2.47. The highest BCUT2D eigenvalue weighted by Gasteiger charge is 1.92. The van der Waals surface area contributed by atoms with Crippen molar-refractivity contribution < 1.29 is 9.78 Å². The summed E-state index contributed by atoms with van der Waals surface area (Å²) in [5.41, 5.74) is 0. The Balaban J connectivity index is 3.02. The average molecular weight is 298 g/mol. The Morgan fingerprint density at radius 3 is 1.67 bits per heavy atom. The average Bonchev–Trinajstić information content (AvgIpc) is 2.50. The quantitative estimate of drug-likeness (QED) is 0.128. The highest BCUT2D eigenvalue weighted by molar-refractivity contribution is 4.81. The molecule has 0 spiro atoms. The van der Waals surface area contributed by atoms with Gasteiger partial charge in [-0.1, -0.05) is 76.9 Å². The lowest BCUT2D eigenvalue weighted by atomic mass is 10.1. The van der Waals surface area contributed by atoms with Crippen LogP contribution in [0.3, 0.4) is 0 Å². The molecule has 0 aliphatic heterocycles. The van der Waals surface area contributed by atoms with Crippen LogP contribution >= 0.6 is 0 Å². The van der Waals surface area contributed by atoms with Gasteiger partial charge in [0.2, 0.25) is 0 Å². The third kappa shape index (κ3) is 19.7. The lowest BCUT2D eigenvalue weighted by Gasteiger charge is -2.01. The van der Waals surface area contributed by atoms with Gasteiger partial charge in [-0.3, -0.25) is 0 Å². The molecular weight excluding hydrogens is 260 g/mol. The standard InChI is InChI=1S/C19H37O2/c1-3-4-5-6-7-8-9-10-11-12-13-14-15-16-17-18-19-21-20-2/h10-11H,2-9,12-19H2,1H3/b11-10-. The van der Waals surface area contributed by atoms with Crippen LogP contribution in [0.4, 0.5) is 0 Å². The molecule has 1 radical (unpaired) electrons. The van der Waals surface area contributed by atoms with Crippen molar-refractivity contribution in [1.82, 2.24) is 0 Å². The van der Waals surface area contributed by atoms with Gasteiger partial charge in [-0.2, -0.15) is 0 Å². The van der Waals surface area contributed by atoms with E-state index in [2.05, 4.69) is 31.1 Å². The van der Waals surface area contributed by atoms with Crippen molar-refractivity contribution >= 4 is 0 Å². The van der Waals surface area contributed by atoms with E-state index in [9.17, 15) is 0 Å². The van der Waals surface area contributed by atoms with Crippen LogP contribution in [0.15, 0.2) is 12.2 Å². The SMILES string of the molecule is [CH2]OOCCCCCCCC/C=C\CCCCCCCC. The van der Waals surface area contributed by atoms with Crippen LogP contribution in [0.1, 0.15) is 96.8 Å². The molecule has 0 saturated carbocycles. The van der Waals surface area contributed by atoms with E-state index in [4.69, 9.17) is 4.89 Å². The van der Waals surface area contributed by atoms with Gasteiger partial charge in [0.1, 0.15) is 7.11 Å². The van der Waals surface area contributed by atoms with Crippen molar-refractivity contribution in [2.24, 2.45) is 0 Å². The number of unbranched alkanes of at least 4 members (excludes halogenated alkanes) is 12. The smallest absolute Gasteiger partial charge is 0.109 e. The van der Waals surface area contributed by atoms with E-state index in [-0.39, 0.29) is 0 Å². The Bertz CT molecular complexity index is 202. The lowest BCUT2D eigenvalue weighted by Crippen LogP contribution is -1.91. The van der Waals surface area contributed by atoms with Crippen LogP contribution in [0.5, 0.6) is 0 Å². The van der Waals surface area contributed by atoms with Gasteiger partial charge < -0.3 is 0 Å². The lowest BCUT2D eigenvalue weighted by molar-refractivity contribution is -0.253. The Kier molecular flexibility index (Phi) is 19.3. The van der Waals surface area contributed by atoms with Crippen molar-refractivity contribution in [2.45, 2.75) is 96.8 Å². The second-order valence-corrected chi connectivity index (χ2v) is 5.88. The summed E-state index contributed by atoms with van der Waals surface area (Å²) >= 11 is 0. The molecule has 0 fully saturated rings. The summed E-state index contributed by atoms with van der Waals surface area (Å²) in [5.74, 6) is 0. The monoisotopic (exact) mass is 297 g/mol. The molecule has 0 amide bonds. The number of hydrogen-bond acceptors (Lipinski definition) is 2. The molecule has 0 aromatic rings. The van der Waals surface area contributed by atoms with Crippen molar-refractivity contribution in [3.63, 3.8) is 0 Å². The normalized spacial score (nSPS) is 11.5. The van der Waals surface area contributed by atoms with E-state index < -0.39 is 0 Å². The molecule has 0 aliphatic carbocycles. The first-order valence-electron chi connectivity index (χ1n) is 9.10. The maximum absolute atomic E-state index is 4.73. The number of allylic oxidation sites excluding steroid dienone is 2. The molecule has 0 bridgehead atoms. The van der Waals surface area contributed by atoms with Crippen molar-refractivity contribution in [3.05, 3.63) is 19.3 Å². The predicted octanol–water partition coefficient (Wildman–Crippen LogP) is 6.76. The van der Waals surface area contributed by atoms with E-state index >= 15 is 0 Å². The summed E-state index contributed by atoms with van der Waals surface area (Å²) in [5, 5.41) is 0. The zero-order chi connectivity index (χ0) is 15.4. The van der Waals surface area contributed by atoms with Gasteiger partial charge in [0.25, 0.3) is 0 Å². The van der Waals surface area contributed by atoms with E-state index in [0.29, 0.717) is 6.61 Å². The molecule has 21 heavy (non-hydrogen) atoms. The fraction of sp³-hybridized carbons (Fsp3) is 0.842. The zero-order valence-corrected chi connectivity index (χ0v) is 14.3. The minimum absolute atomic E-state index is 0.671. The van der Waals surface area contributed by atoms with Crippen molar-refractivity contribution in [3.8, 4) is 0 Å². The Morgan fingerprint density at radius 1 is 0.667 bits per heavy atom. The molecule has 0 saturated heterocycles. The maximum Gasteiger partial charge on any atom is 0.109 e. The molecule has 0 aromatic heterocycles. The highest BCUT2D eigenvalue weighted by Crippen LogP contribution is 2.09. The Hall–Kier alpha value is -0.340. The van der Waals surface area contributed by atoms with Gasteiger partial charge in [-0.15, -0.1) is 0 Å². The second kappa shape index (κ2) is 19.7. The van der Waals surface area contributed by atoms with Crippen LogP contribution < -0.4 is 0 Å². The summed E-state index contributed by atoms with van der Waals surface area (Å²) in [6.07, 6.45) is 23.3. The Morgan fingerprint density at radius 2 is 1.14 bits per heavy atom. The Labute approximate surface area is 133 Å². The van der Waals surface area contributed by atoms with Crippen LogP contribution in [0, 0.1) is 7.11 Å². The van der Waals surface area contributed by atoms with Crippen molar-refractivity contribution in [1.29, 1.82) is 0 Å². The van der Waals surface area contributed by atoms with Gasteiger partial charge in [-0.05, 0) is 32.1 Å². The third-order valence-electron chi connectivity index (χ3n) is 3.82. The third-order valence-corrected chi connectivity index (χ3v) is 3.82. The first kappa shape index (κ1) is 20.7. The van der Waals surface area contributed by atoms with Crippen LogP contribution in [0.25, 0.3) is 0 Å². The molecule has 0 heterocycles. The van der Waals surface area contributed by atoms with Gasteiger partial charge >= 0.3 is 0 Å². The summed E-state index contributed by atoms with van der Waals surface area (Å²) in [7, 11) is 3.17. The van der Waals surface area contributed by atoms with Crippen LogP contribution in [-0.4, -0.2) is 6.61 Å². The molecule has 0 atom stereocenters. The van der Waals surface area contributed by atoms with Crippen LogP contribution in [-0.2, 0) is 9.78 Å². The van der Waals surface area contributed by atoms with Crippen LogP contribution in [0.2, 0.25) is 0 Å². The van der Waals surface area contributed by atoms with E-state index in [1.165, 1.54) is 83.5 Å². The summed E-state index contributed by atoms with van der Waals surface area (Å²) < 4.78 is 0. The summed E-state index contributed by atoms with van der Waals surface area (Å²) in [4.78, 5) is 9.04. The highest BCUT2D eigenvalue weighted by atomic mass is 17.2. The van der Waals surface area contributed by atoms with Gasteiger partial charge in [-0.25, -0.2) is 9.78 Å². The second-order valence-electron chi connectivity index (χ2n) is 5.88. The minimum atomic E-state index is 0.671. The summed E-state index contributed by atoms with van der Waals surface area (Å²) in [6, 6.07) is 0. The zero-order valence-electron chi connectivity index (χ0n) is 14.3. The van der Waals surface area contributed by atoms with Gasteiger partial charge in [0, 0.05) is 0 Å². The van der Waals surface area contributed by atoms with E-state index in [0.717, 1.165) is 6.42 Å². The van der Waals surface area contributed by atoms with Crippen molar-refractivity contribution in [2.75, 3.05) is 6.61 Å². The first-order valence-corrected chi connectivity index (χ1v) is 9.10. The molecule has 0 aliphatic rings. The molecule has 125 valence electrons. The van der Waals surface area contributed by atoms with E-state index in [1.807, 2.05) is 0 Å². The fourth-order valence-corrected chi connectivity index (χ4v) is 2.47. The first-order chi connectivity index (χ1) is 10.4. The minimum Gasteiger partial charge on any atom is -0.237 e. The largest absolute Gasteiger partial charge is 0.237 e. The van der Waals surface area contributed by atoms with Gasteiger partial charge in [0.05, 0.1) is 6.61 Å². The summed E-state index contributed by atoms with van der Waals surface area (Å²) in [6.45, 7) is 2.95. The van der Waals surface area contributed by atoms with Gasteiger partial charge in [0.15, 0.2) is 0 Å². The topological polar surface area (TPSA) is 18.5 Å². The number of hydrogen-bond donors (Lipinski definition) is 0. The molecule has 2 nitrogen and oxygen atoms in total. The maximum atomic E-state index is 4.73. The predicted molar refractivity (Wildman–Crippen MR) is 91.8 cm³/mol. The molecule has 0 unspecified atom stereocenters. The van der Waals surface area contributed by atoms with E-state index in [1.54, 1.807) is 0 Å². The molecule has 0 aromatic carbocycles. The molecular formula is C19H37O2. The molecule has 0 rings (SSSR count). The number of rotatable bonds is 17.